The Balaban J connectivity index is 1.77. The van der Waals surface area contributed by atoms with Gasteiger partial charge < -0.3 is 10.1 Å². The minimum absolute atomic E-state index is 0.0341. The molecule has 1 atom stereocenters. The standard InChI is InChI=1S/C22H22FN3O4S/c1-3-26-19(27)13-18(20(28)24-16-11-7-15(23)8-12-16)31-22(26)25-17-9-5-14(6-10-17)21(29)30-4-2/h5-12,18H,3-4,13H2,1-2H3,(H,24,28). The van der Waals surface area contributed by atoms with Crippen molar-refractivity contribution >= 4 is 46.1 Å². The average molecular weight is 444 g/mol. The molecule has 0 aromatic heterocycles. The highest BCUT2D eigenvalue weighted by molar-refractivity contribution is 8.15. The van der Waals surface area contributed by atoms with Crippen LogP contribution in [0, 0.1) is 5.82 Å². The van der Waals surface area contributed by atoms with Gasteiger partial charge in [0.25, 0.3) is 0 Å². The summed E-state index contributed by atoms with van der Waals surface area (Å²) < 4.78 is 18.0. The zero-order valence-corrected chi connectivity index (χ0v) is 17.9. The fourth-order valence-electron chi connectivity index (χ4n) is 2.91. The van der Waals surface area contributed by atoms with E-state index in [1.165, 1.54) is 40.9 Å². The van der Waals surface area contributed by atoms with E-state index in [-0.39, 0.29) is 24.8 Å². The highest BCUT2D eigenvalue weighted by Gasteiger charge is 2.35. The van der Waals surface area contributed by atoms with E-state index in [9.17, 15) is 18.8 Å². The number of thioether (sulfide) groups is 1. The summed E-state index contributed by atoms with van der Waals surface area (Å²) in [7, 11) is 0. The Labute approximate surface area is 183 Å². The maximum absolute atomic E-state index is 13.1. The summed E-state index contributed by atoms with van der Waals surface area (Å²) in [5.41, 5.74) is 1.40. The Bertz CT molecular complexity index is 993. The third kappa shape index (κ3) is 5.69. The molecule has 7 nitrogen and oxygen atoms in total. The van der Waals surface area contributed by atoms with Crippen LogP contribution in [0.15, 0.2) is 53.5 Å². The molecule has 1 saturated heterocycles. The van der Waals surface area contributed by atoms with Gasteiger partial charge in [-0.05, 0) is 62.4 Å². The molecule has 31 heavy (non-hydrogen) atoms. The molecule has 1 aliphatic heterocycles. The van der Waals surface area contributed by atoms with Crippen molar-refractivity contribution in [3.8, 4) is 0 Å². The molecule has 2 aromatic carbocycles. The number of anilines is 1. The van der Waals surface area contributed by atoms with Crippen molar-refractivity contribution in [3.05, 3.63) is 59.9 Å². The van der Waals surface area contributed by atoms with Gasteiger partial charge in [0, 0.05) is 18.7 Å². The fraction of sp³-hybridized carbons (Fsp3) is 0.273. The normalized spacial score (nSPS) is 17.5. The molecule has 0 saturated carbocycles. The van der Waals surface area contributed by atoms with Gasteiger partial charge in [-0.25, -0.2) is 14.2 Å². The second-order valence-corrected chi connectivity index (χ2v) is 7.78. The molecular weight excluding hydrogens is 421 g/mol. The summed E-state index contributed by atoms with van der Waals surface area (Å²) in [5.74, 6) is -1.38. The molecule has 2 aromatic rings. The van der Waals surface area contributed by atoms with Crippen LogP contribution in [0.25, 0.3) is 0 Å². The number of hydrogen-bond donors (Lipinski definition) is 1. The third-order valence-electron chi connectivity index (χ3n) is 4.46. The first-order valence-corrected chi connectivity index (χ1v) is 10.7. The van der Waals surface area contributed by atoms with Crippen LogP contribution in [0.1, 0.15) is 30.6 Å². The number of hydrogen-bond acceptors (Lipinski definition) is 6. The van der Waals surface area contributed by atoms with Crippen molar-refractivity contribution in [1.29, 1.82) is 0 Å². The van der Waals surface area contributed by atoms with E-state index in [1.54, 1.807) is 31.2 Å². The molecule has 1 N–H and O–H groups in total. The highest BCUT2D eigenvalue weighted by atomic mass is 32.2. The number of benzene rings is 2. The molecule has 1 unspecified atom stereocenters. The van der Waals surface area contributed by atoms with Crippen LogP contribution in [-0.2, 0) is 14.3 Å². The van der Waals surface area contributed by atoms with E-state index in [0.717, 1.165) is 0 Å². The lowest BCUT2D eigenvalue weighted by Crippen LogP contribution is -2.45. The molecule has 3 rings (SSSR count). The lowest BCUT2D eigenvalue weighted by Gasteiger charge is -2.30. The van der Waals surface area contributed by atoms with Crippen LogP contribution in [0.5, 0.6) is 0 Å². The van der Waals surface area contributed by atoms with Crippen LogP contribution < -0.4 is 5.32 Å². The number of rotatable bonds is 6. The summed E-state index contributed by atoms with van der Waals surface area (Å²) in [6.45, 7) is 4.26. The van der Waals surface area contributed by atoms with Crippen molar-refractivity contribution in [2.45, 2.75) is 25.5 Å². The second kappa shape index (κ2) is 10.2. The number of carbonyl (C=O) groups excluding carboxylic acids is 3. The predicted octanol–water partition coefficient (Wildman–Crippen LogP) is 3.98. The number of nitrogens with one attached hydrogen (secondary N) is 1. The van der Waals surface area contributed by atoms with Crippen molar-refractivity contribution in [1.82, 2.24) is 4.90 Å². The first-order valence-electron chi connectivity index (χ1n) is 9.80. The number of carbonyl (C=O) groups is 3. The fourth-order valence-corrected chi connectivity index (χ4v) is 4.07. The lowest BCUT2D eigenvalue weighted by atomic mass is 10.2. The van der Waals surface area contributed by atoms with Gasteiger partial charge in [-0.15, -0.1) is 0 Å². The Morgan fingerprint density at radius 1 is 1.16 bits per heavy atom. The zero-order chi connectivity index (χ0) is 22.4. The van der Waals surface area contributed by atoms with E-state index >= 15 is 0 Å². The van der Waals surface area contributed by atoms with Gasteiger partial charge >= 0.3 is 5.97 Å². The predicted molar refractivity (Wildman–Crippen MR) is 118 cm³/mol. The van der Waals surface area contributed by atoms with Gasteiger partial charge in [-0.1, -0.05) is 11.8 Å². The molecule has 1 heterocycles. The summed E-state index contributed by atoms with van der Waals surface area (Å²) in [5, 5.41) is 2.44. The first-order chi connectivity index (χ1) is 14.9. The lowest BCUT2D eigenvalue weighted by molar-refractivity contribution is -0.129. The maximum atomic E-state index is 13.1. The molecule has 1 aliphatic rings. The highest BCUT2D eigenvalue weighted by Crippen LogP contribution is 2.30. The van der Waals surface area contributed by atoms with E-state index < -0.39 is 17.0 Å². The van der Waals surface area contributed by atoms with Crippen molar-refractivity contribution in [3.63, 3.8) is 0 Å². The number of esters is 1. The number of ether oxygens (including phenoxy) is 1. The number of amides is 2. The second-order valence-electron chi connectivity index (χ2n) is 6.61. The van der Waals surface area contributed by atoms with E-state index in [1.807, 2.05) is 6.92 Å². The quantitative estimate of drug-likeness (QED) is 0.683. The van der Waals surface area contributed by atoms with Crippen molar-refractivity contribution < 1.29 is 23.5 Å². The van der Waals surface area contributed by atoms with Gasteiger partial charge in [0.05, 0.1) is 17.9 Å². The number of aliphatic imine (C=N–C) groups is 1. The molecule has 9 heteroatoms. The van der Waals surface area contributed by atoms with Gasteiger partial charge in [0.2, 0.25) is 11.8 Å². The number of nitrogens with zero attached hydrogens (tertiary/aromatic N) is 2. The van der Waals surface area contributed by atoms with E-state index in [2.05, 4.69) is 10.3 Å². The Morgan fingerprint density at radius 2 is 1.84 bits per heavy atom. The Morgan fingerprint density at radius 3 is 2.45 bits per heavy atom. The Hall–Kier alpha value is -3.20. The van der Waals surface area contributed by atoms with Crippen LogP contribution >= 0.6 is 11.8 Å². The first kappa shape index (κ1) is 22.5. The number of amidine groups is 1. The summed E-state index contributed by atoms with van der Waals surface area (Å²) in [6.07, 6.45) is 0.0341. The van der Waals surface area contributed by atoms with Crippen molar-refractivity contribution in [2.75, 3.05) is 18.5 Å². The van der Waals surface area contributed by atoms with Gasteiger partial charge in [-0.3, -0.25) is 14.5 Å². The zero-order valence-electron chi connectivity index (χ0n) is 17.1. The minimum Gasteiger partial charge on any atom is -0.462 e. The smallest absolute Gasteiger partial charge is 0.338 e. The molecule has 0 bridgehead atoms. The molecule has 0 spiro atoms. The monoisotopic (exact) mass is 443 g/mol. The van der Waals surface area contributed by atoms with Crippen LogP contribution in [-0.4, -0.2) is 46.3 Å². The van der Waals surface area contributed by atoms with Crippen LogP contribution in [0.2, 0.25) is 0 Å². The molecule has 1 fully saturated rings. The molecule has 162 valence electrons. The molecule has 2 amide bonds. The summed E-state index contributed by atoms with van der Waals surface area (Å²) in [4.78, 5) is 43.1. The maximum Gasteiger partial charge on any atom is 0.338 e. The molecule has 0 radical (unpaired) electrons. The van der Waals surface area contributed by atoms with Crippen LogP contribution in [0.4, 0.5) is 15.8 Å². The largest absolute Gasteiger partial charge is 0.462 e. The number of halogens is 1. The van der Waals surface area contributed by atoms with Gasteiger partial charge in [-0.2, -0.15) is 0 Å². The average Bonchev–Trinajstić information content (AvgIpc) is 2.76. The minimum atomic E-state index is -0.669. The topological polar surface area (TPSA) is 88.1 Å². The van der Waals surface area contributed by atoms with Gasteiger partial charge in [0.1, 0.15) is 11.1 Å². The molecule has 0 aliphatic carbocycles. The van der Waals surface area contributed by atoms with Crippen molar-refractivity contribution in [2.24, 2.45) is 4.99 Å². The summed E-state index contributed by atoms with van der Waals surface area (Å²) in [6, 6.07) is 11.9. The molecular formula is C22H22FN3O4S. The van der Waals surface area contributed by atoms with E-state index in [4.69, 9.17) is 4.74 Å². The third-order valence-corrected chi connectivity index (χ3v) is 5.65. The SMILES string of the molecule is CCOC(=O)c1ccc(N=C2SC(C(=O)Nc3ccc(F)cc3)CC(=O)N2CC)cc1. The van der Waals surface area contributed by atoms with E-state index in [0.29, 0.717) is 28.7 Å². The van der Waals surface area contributed by atoms with Crippen LogP contribution in [0.3, 0.4) is 0 Å². The summed E-state index contributed by atoms with van der Waals surface area (Å²) >= 11 is 1.19. The van der Waals surface area contributed by atoms with Gasteiger partial charge in [0.15, 0.2) is 5.17 Å². The Kier molecular flexibility index (Phi) is 7.41.